The number of ether oxygens (including phenoxy) is 1. The highest BCUT2D eigenvalue weighted by atomic mass is 32.2. The van der Waals surface area contributed by atoms with Crippen LogP contribution < -0.4 is 4.72 Å². The van der Waals surface area contributed by atoms with Crippen LogP contribution in [0.15, 0.2) is 12.7 Å². The summed E-state index contributed by atoms with van der Waals surface area (Å²) in [4.78, 5) is 14.4. The topological polar surface area (TPSA) is 41.6 Å². The van der Waals surface area contributed by atoms with Crippen molar-refractivity contribution in [3.05, 3.63) is 12.7 Å². The predicted molar refractivity (Wildman–Crippen MR) is 109 cm³/mol. The third-order valence-corrected chi connectivity index (χ3v) is 5.29. The molecule has 1 amide bonds. The zero-order chi connectivity index (χ0) is 19.5. The highest BCUT2D eigenvalue weighted by Gasteiger charge is 2.42. The Bertz CT molecular complexity index is 463. The van der Waals surface area contributed by atoms with Crippen LogP contribution in [0.3, 0.4) is 0 Å². The Morgan fingerprint density at radius 1 is 1.36 bits per heavy atom. The highest BCUT2D eigenvalue weighted by Crippen LogP contribution is 2.36. The molecule has 1 saturated heterocycles. The van der Waals surface area contributed by atoms with Gasteiger partial charge in [-0.3, -0.25) is 4.72 Å². The monoisotopic (exact) mass is 370 g/mol. The number of likely N-dealkylation sites (tertiary alicyclic amines) is 1. The molecular weight excluding hydrogens is 332 g/mol. The maximum Gasteiger partial charge on any atom is 0.410 e. The van der Waals surface area contributed by atoms with E-state index >= 15 is 0 Å². The molecular formula is C20H38N2O2S. The third kappa shape index (κ3) is 8.04. The molecule has 2 atom stereocenters. The van der Waals surface area contributed by atoms with Gasteiger partial charge in [0.2, 0.25) is 0 Å². The second-order valence-electron chi connectivity index (χ2n) is 9.73. The average molecular weight is 371 g/mol. The van der Waals surface area contributed by atoms with E-state index in [1.54, 1.807) is 11.9 Å². The minimum atomic E-state index is -0.451. The molecule has 2 unspecified atom stereocenters. The predicted octanol–water partition coefficient (Wildman–Crippen LogP) is 5.39. The summed E-state index contributed by atoms with van der Waals surface area (Å²) in [7, 11) is 0. The SMILES string of the molecule is C=CC(CCC1CN(C(=O)OC(C)(C)C)C(C)(C)C1)NSC(C)(C)C. The maximum atomic E-state index is 12.5. The molecule has 0 aromatic carbocycles. The molecule has 1 fully saturated rings. The summed E-state index contributed by atoms with van der Waals surface area (Å²) in [5.74, 6) is 0.506. The summed E-state index contributed by atoms with van der Waals surface area (Å²) in [6.45, 7) is 21.3. The minimum Gasteiger partial charge on any atom is -0.444 e. The van der Waals surface area contributed by atoms with E-state index in [1.165, 1.54) is 0 Å². The van der Waals surface area contributed by atoms with Crippen molar-refractivity contribution in [1.29, 1.82) is 0 Å². The molecule has 0 saturated carbocycles. The number of nitrogens with zero attached hydrogens (tertiary/aromatic N) is 1. The molecule has 0 radical (unpaired) electrons. The van der Waals surface area contributed by atoms with Crippen LogP contribution in [0.2, 0.25) is 0 Å². The third-order valence-electron chi connectivity index (χ3n) is 4.26. The van der Waals surface area contributed by atoms with Crippen molar-refractivity contribution >= 4 is 18.0 Å². The number of rotatable bonds is 6. The Hall–Kier alpha value is -0.680. The number of carbonyl (C=O) groups is 1. The Morgan fingerprint density at radius 3 is 2.44 bits per heavy atom. The lowest BCUT2D eigenvalue weighted by Crippen LogP contribution is -2.45. The first-order valence-corrected chi connectivity index (χ1v) is 10.1. The minimum absolute atomic E-state index is 0.149. The fourth-order valence-corrected chi connectivity index (χ4v) is 3.83. The number of amides is 1. The Morgan fingerprint density at radius 2 is 1.96 bits per heavy atom. The molecule has 1 aliphatic heterocycles. The van der Waals surface area contributed by atoms with Crippen LogP contribution in [-0.2, 0) is 4.74 Å². The van der Waals surface area contributed by atoms with Crippen molar-refractivity contribution < 1.29 is 9.53 Å². The van der Waals surface area contributed by atoms with Crippen molar-refractivity contribution in [3.8, 4) is 0 Å². The van der Waals surface area contributed by atoms with E-state index in [2.05, 4.69) is 45.9 Å². The molecule has 1 N–H and O–H groups in total. The fraction of sp³-hybridized carbons (Fsp3) is 0.850. The molecule has 5 heteroatoms. The quantitative estimate of drug-likeness (QED) is 0.502. The summed E-state index contributed by atoms with van der Waals surface area (Å²) in [6, 6.07) is 0.294. The van der Waals surface area contributed by atoms with Crippen LogP contribution in [-0.4, -0.2) is 39.5 Å². The number of carbonyl (C=O) groups excluding carboxylic acids is 1. The van der Waals surface area contributed by atoms with Crippen LogP contribution >= 0.6 is 11.9 Å². The molecule has 0 spiro atoms. The second-order valence-corrected chi connectivity index (χ2v) is 11.4. The molecule has 1 rings (SSSR count). The first-order valence-electron chi connectivity index (χ1n) is 9.30. The number of hydrogen-bond donors (Lipinski definition) is 1. The number of hydrogen-bond acceptors (Lipinski definition) is 4. The summed E-state index contributed by atoms with van der Waals surface area (Å²) in [5.41, 5.74) is -0.600. The molecule has 1 heterocycles. The molecule has 4 nitrogen and oxygen atoms in total. The Balaban J connectivity index is 2.56. The van der Waals surface area contributed by atoms with E-state index in [0.717, 1.165) is 25.8 Å². The van der Waals surface area contributed by atoms with Crippen LogP contribution in [0.1, 0.15) is 74.7 Å². The smallest absolute Gasteiger partial charge is 0.410 e. The maximum absolute atomic E-state index is 12.5. The molecule has 0 aliphatic carbocycles. The molecule has 0 aromatic heterocycles. The zero-order valence-corrected chi connectivity index (χ0v) is 18.3. The van der Waals surface area contributed by atoms with E-state index in [1.807, 2.05) is 31.7 Å². The van der Waals surface area contributed by atoms with E-state index in [-0.39, 0.29) is 16.4 Å². The lowest BCUT2D eigenvalue weighted by Gasteiger charge is -2.33. The van der Waals surface area contributed by atoms with Gasteiger partial charge < -0.3 is 9.64 Å². The van der Waals surface area contributed by atoms with Gasteiger partial charge in [0.15, 0.2) is 0 Å². The van der Waals surface area contributed by atoms with Crippen molar-refractivity contribution in [3.63, 3.8) is 0 Å². The van der Waals surface area contributed by atoms with E-state index in [9.17, 15) is 4.79 Å². The standard InChI is InChI=1S/C20H38N2O2S/c1-10-16(21-25-19(5,6)7)12-11-15-13-20(8,9)22(14-15)17(23)24-18(2,3)4/h10,15-16,21H,1,11-14H2,2-9H3. The lowest BCUT2D eigenvalue weighted by molar-refractivity contribution is 0.0131. The normalized spacial score (nSPS) is 21.9. The van der Waals surface area contributed by atoms with E-state index in [4.69, 9.17) is 4.74 Å². The zero-order valence-electron chi connectivity index (χ0n) is 17.4. The van der Waals surface area contributed by atoms with Gasteiger partial charge in [0.25, 0.3) is 0 Å². The van der Waals surface area contributed by atoms with Gasteiger partial charge in [0.1, 0.15) is 5.60 Å². The van der Waals surface area contributed by atoms with Crippen molar-refractivity contribution in [2.45, 2.75) is 96.6 Å². The fourth-order valence-electron chi connectivity index (χ4n) is 3.11. The van der Waals surface area contributed by atoms with Crippen LogP contribution in [0.25, 0.3) is 0 Å². The molecule has 1 aliphatic rings. The van der Waals surface area contributed by atoms with E-state index < -0.39 is 5.60 Å². The van der Waals surface area contributed by atoms with Crippen molar-refractivity contribution in [2.75, 3.05) is 6.54 Å². The van der Waals surface area contributed by atoms with E-state index in [0.29, 0.717) is 12.0 Å². The summed E-state index contributed by atoms with van der Waals surface area (Å²) in [5, 5.41) is 0. The van der Waals surface area contributed by atoms with Gasteiger partial charge in [-0.2, -0.15) is 0 Å². The average Bonchev–Trinajstić information content (AvgIpc) is 2.71. The van der Waals surface area contributed by atoms with Gasteiger partial charge in [-0.25, -0.2) is 4.79 Å². The van der Waals surface area contributed by atoms with Gasteiger partial charge in [-0.1, -0.05) is 18.0 Å². The lowest BCUT2D eigenvalue weighted by atomic mass is 9.92. The van der Waals surface area contributed by atoms with Crippen molar-refractivity contribution in [1.82, 2.24) is 9.62 Å². The number of nitrogens with one attached hydrogen (secondary N) is 1. The van der Waals surface area contributed by atoms with Crippen LogP contribution in [0, 0.1) is 5.92 Å². The van der Waals surface area contributed by atoms with Crippen LogP contribution in [0.4, 0.5) is 4.79 Å². The summed E-state index contributed by atoms with van der Waals surface area (Å²) >= 11 is 1.75. The van der Waals surface area contributed by atoms with Crippen molar-refractivity contribution in [2.24, 2.45) is 5.92 Å². The Kier molecular flexibility index (Phi) is 7.46. The van der Waals surface area contributed by atoms with Gasteiger partial charge >= 0.3 is 6.09 Å². The van der Waals surface area contributed by atoms with Gasteiger partial charge in [0, 0.05) is 22.9 Å². The first kappa shape index (κ1) is 22.4. The van der Waals surface area contributed by atoms with Crippen LogP contribution in [0.5, 0.6) is 0 Å². The first-order chi connectivity index (χ1) is 11.2. The summed E-state index contributed by atoms with van der Waals surface area (Å²) in [6.07, 6.45) is 4.93. The second kappa shape index (κ2) is 8.34. The largest absolute Gasteiger partial charge is 0.444 e. The highest BCUT2D eigenvalue weighted by molar-refractivity contribution is 7.98. The van der Waals surface area contributed by atoms with Gasteiger partial charge in [-0.05, 0) is 80.6 Å². The molecule has 0 bridgehead atoms. The van der Waals surface area contributed by atoms with Gasteiger partial charge in [0.05, 0.1) is 0 Å². The Labute approximate surface area is 159 Å². The molecule has 146 valence electrons. The summed E-state index contributed by atoms with van der Waals surface area (Å²) < 4.78 is 9.28. The molecule has 25 heavy (non-hydrogen) atoms. The van der Waals surface area contributed by atoms with Gasteiger partial charge in [-0.15, -0.1) is 6.58 Å². The molecule has 0 aromatic rings.